The van der Waals surface area contributed by atoms with Crippen LogP contribution in [0.1, 0.15) is 44.9 Å². The van der Waals surface area contributed by atoms with Gasteiger partial charge >= 0.3 is 0 Å². The van der Waals surface area contributed by atoms with Gasteiger partial charge in [-0.2, -0.15) is 0 Å². The molecule has 1 atom stereocenters. The van der Waals surface area contributed by atoms with Crippen molar-refractivity contribution in [3.05, 3.63) is 215 Å². The lowest BCUT2D eigenvalue weighted by molar-refractivity contribution is 0.724. The molecule has 0 amide bonds. The van der Waals surface area contributed by atoms with Crippen LogP contribution in [0.25, 0.3) is 42.1 Å². The molecule has 2 heteroatoms. The van der Waals surface area contributed by atoms with E-state index in [1.165, 1.54) is 90.8 Å². The van der Waals surface area contributed by atoms with Gasteiger partial charge in [0.1, 0.15) is 0 Å². The molecule has 0 bridgehead atoms. The highest BCUT2D eigenvalue weighted by Gasteiger charge is 2.51. The van der Waals surface area contributed by atoms with Crippen LogP contribution in [-0.2, 0) is 11.8 Å². The zero-order chi connectivity index (χ0) is 33.5. The van der Waals surface area contributed by atoms with Crippen LogP contribution in [0.15, 0.2) is 186 Å². The smallest absolute Gasteiger partial charge is 0.0741 e. The van der Waals surface area contributed by atoms with E-state index in [4.69, 9.17) is 0 Å². The zero-order valence-electron chi connectivity index (χ0n) is 27.8. The summed E-state index contributed by atoms with van der Waals surface area (Å²) >= 11 is 3.85. The van der Waals surface area contributed by atoms with Gasteiger partial charge in [-0.25, -0.2) is 0 Å². The fourth-order valence-electron chi connectivity index (χ4n) is 9.22. The average Bonchev–Trinajstić information content (AvgIpc) is 3.72. The van der Waals surface area contributed by atoms with Gasteiger partial charge in [0.05, 0.1) is 5.41 Å². The number of hydrogen-bond donors (Lipinski definition) is 0. The molecule has 51 heavy (non-hydrogen) atoms. The Morgan fingerprint density at radius 1 is 0.490 bits per heavy atom. The van der Waals surface area contributed by atoms with Gasteiger partial charge in [-0.3, -0.25) is 0 Å². The molecule has 9 aromatic rings. The molecule has 240 valence electrons. The molecule has 0 saturated carbocycles. The Balaban J connectivity index is 1.17. The van der Waals surface area contributed by atoms with E-state index in [2.05, 4.69) is 176 Å². The normalized spacial score (nSPS) is 14.4. The van der Waals surface area contributed by atoms with Gasteiger partial charge in [0.25, 0.3) is 0 Å². The van der Waals surface area contributed by atoms with Gasteiger partial charge in [0.2, 0.25) is 0 Å². The Labute approximate surface area is 306 Å². The van der Waals surface area contributed by atoms with Crippen molar-refractivity contribution in [2.24, 2.45) is 0 Å². The van der Waals surface area contributed by atoms with E-state index >= 15 is 0 Å². The van der Waals surface area contributed by atoms with Gasteiger partial charge < -0.3 is 0 Å². The Kier molecular flexibility index (Phi) is 6.50. The minimum Gasteiger partial charge on any atom is -0.135 e. The van der Waals surface area contributed by atoms with Crippen LogP contribution in [0.3, 0.4) is 0 Å². The van der Waals surface area contributed by atoms with Gasteiger partial charge in [0, 0.05) is 35.9 Å². The van der Waals surface area contributed by atoms with Crippen LogP contribution >= 0.6 is 23.1 Å². The number of rotatable bonds is 4. The highest BCUT2D eigenvalue weighted by atomic mass is 32.2. The predicted octanol–water partition coefficient (Wildman–Crippen LogP) is 13.4. The van der Waals surface area contributed by atoms with Crippen LogP contribution < -0.4 is 0 Å². The summed E-state index contributed by atoms with van der Waals surface area (Å²) in [6.45, 7) is 0. The number of hydrogen-bond acceptors (Lipinski definition) is 2. The largest absolute Gasteiger partial charge is 0.135 e. The summed E-state index contributed by atoms with van der Waals surface area (Å²) in [5.74, 6) is 0.211. The topological polar surface area (TPSA) is 0 Å². The molecule has 0 saturated heterocycles. The summed E-state index contributed by atoms with van der Waals surface area (Å²) in [6.07, 6.45) is 0.913. The second kappa shape index (κ2) is 11.3. The van der Waals surface area contributed by atoms with Gasteiger partial charge in [-0.05, 0) is 85.5 Å². The Bertz CT molecular complexity index is 2780. The lowest BCUT2D eigenvalue weighted by atomic mass is 9.66. The molecule has 0 fully saturated rings. The number of fused-ring (bicyclic) bond motifs is 14. The van der Waals surface area contributed by atoms with E-state index < -0.39 is 5.41 Å². The molecule has 0 N–H and O–H groups in total. The van der Waals surface area contributed by atoms with Crippen LogP contribution in [0.4, 0.5) is 0 Å². The number of thiophene rings is 1. The monoisotopic (exact) mass is 684 g/mol. The predicted molar refractivity (Wildman–Crippen MR) is 217 cm³/mol. The SMILES string of the molecule is c1ccc(C(Cc2ccc3c(c2)C2(c4ccccc4Sc4ccccc42)c2c-3ccc3ccccc23)c2cccc3c2sc2ccccc23)cc1. The molecule has 1 aromatic heterocycles. The second-order valence-corrected chi connectivity index (χ2v) is 16.1. The third-order valence-corrected chi connectivity index (χ3v) is 13.7. The van der Waals surface area contributed by atoms with Crippen LogP contribution in [0, 0.1) is 0 Å². The van der Waals surface area contributed by atoms with E-state index in [1.54, 1.807) is 0 Å². The van der Waals surface area contributed by atoms with Crippen molar-refractivity contribution >= 4 is 54.0 Å². The zero-order valence-corrected chi connectivity index (χ0v) is 29.5. The lowest BCUT2D eigenvalue weighted by Crippen LogP contribution is -2.32. The minimum atomic E-state index is -0.423. The number of benzene rings is 8. The Morgan fingerprint density at radius 2 is 1.16 bits per heavy atom. The minimum absolute atomic E-state index is 0.211. The van der Waals surface area contributed by atoms with E-state index in [9.17, 15) is 0 Å². The highest BCUT2D eigenvalue weighted by Crippen LogP contribution is 2.63. The van der Waals surface area contributed by atoms with E-state index in [1.807, 2.05) is 23.1 Å². The molecule has 1 aliphatic heterocycles. The van der Waals surface area contributed by atoms with Crippen molar-refractivity contribution in [2.45, 2.75) is 27.5 Å². The Morgan fingerprint density at radius 3 is 1.98 bits per heavy atom. The summed E-state index contributed by atoms with van der Waals surface area (Å²) in [6, 6.07) is 66.4. The summed E-state index contributed by atoms with van der Waals surface area (Å²) in [7, 11) is 0. The van der Waals surface area contributed by atoms with Crippen LogP contribution in [0.5, 0.6) is 0 Å². The van der Waals surface area contributed by atoms with Gasteiger partial charge in [-0.15, -0.1) is 11.3 Å². The van der Waals surface area contributed by atoms with E-state index in [0.717, 1.165) is 6.42 Å². The quantitative estimate of drug-likeness (QED) is 0.178. The molecule has 2 aliphatic rings. The molecule has 11 rings (SSSR count). The second-order valence-electron chi connectivity index (χ2n) is 13.9. The molecule has 0 nitrogen and oxygen atoms in total. The summed E-state index contributed by atoms with van der Waals surface area (Å²) < 4.78 is 2.75. The molecule has 2 heterocycles. The van der Waals surface area contributed by atoms with Crippen LogP contribution in [-0.4, -0.2) is 0 Å². The third-order valence-electron chi connectivity index (χ3n) is 11.3. The first-order valence-electron chi connectivity index (χ1n) is 17.8. The van der Waals surface area contributed by atoms with Gasteiger partial charge in [-0.1, -0.05) is 169 Å². The first-order chi connectivity index (χ1) is 25.3. The standard InChI is InChI=1S/C49H32S2/c1-2-13-32(14-3-1)40(39-19-12-18-38-36-17-6-9-22-44(36)51-48(38)39)29-31-25-27-35-37-28-26-33-15-4-5-16-34(33)47(37)49(43(35)30-31)41-20-7-10-23-45(41)50-46-24-11-8-21-42(46)49/h1-28,30,40H,29H2. The Hall–Kier alpha value is -5.41. The van der Waals surface area contributed by atoms with Gasteiger partial charge in [0.15, 0.2) is 0 Å². The van der Waals surface area contributed by atoms with E-state index in [-0.39, 0.29) is 5.92 Å². The average molecular weight is 685 g/mol. The molecule has 0 radical (unpaired) electrons. The maximum absolute atomic E-state index is 2.58. The fourth-order valence-corrected chi connectivity index (χ4v) is 11.7. The molecule has 1 spiro atoms. The first-order valence-corrected chi connectivity index (χ1v) is 19.4. The van der Waals surface area contributed by atoms with Crippen molar-refractivity contribution in [1.29, 1.82) is 0 Å². The molecular weight excluding hydrogens is 653 g/mol. The maximum atomic E-state index is 2.58. The third kappa shape index (κ3) is 4.21. The maximum Gasteiger partial charge on any atom is 0.0741 e. The van der Waals surface area contributed by atoms with Crippen LogP contribution in [0.2, 0.25) is 0 Å². The van der Waals surface area contributed by atoms with Crippen molar-refractivity contribution in [1.82, 2.24) is 0 Å². The van der Waals surface area contributed by atoms with E-state index in [0.29, 0.717) is 0 Å². The lowest BCUT2D eigenvalue weighted by Gasteiger charge is -2.40. The molecule has 1 aliphatic carbocycles. The summed E-state index contributed by atoms with van der Waals surface area (Å²) in [4.78, 5) is 2.68. The highest BCUT2D eigenvalue weighted by molar-refractivity contribution is 7.99. The molecule has 8 aromatic carbocycles. The molecule has 1 unspecified atom stereocenters. The van der Waals surface area contributed by atoms with Crippen molar-refractivity contribution in [2.75, 3.05) is 0 Å². The van der Waals surface area contributed by atoms with Crippen molar-refractivity contribution < 1.29 is 0 Å². The fraction of sp³-hybridized carbons (Fsp3) is 0.0612. The summed E-state index contributed by atoms with van der Waals surface area (Å²) in [5, 5.41) is 5.33. The first kappa shape index (κ1) is 29.3. The van der Waals surface area contributed by atoms with Crippen molar-refractivity contribution in [3.63, 3.8) is 0 Å². The van der Waals surface area contributed by atoms with Crippen molar-refractivity contribution in [3.8, 4) is 11.1 Å². The molecular formula is C49H32S2. The summed E-state index contributed by atoms with van der Waals surface area (Å²) in [5.41, 5.74) is 12.0.